The van der Waals surface area contributed by atoms with Crippen LogP contribution in [0.4, 0.5) is 0 Å². The van der Waals surface area contributed by atoms with Crippen LogP contribution in [0, 0.1) is 0 Å². The zero-order chi connectivity index (χ0) is 13.2. The van der Waals surface area contributed by atoms with Crippen molar-refractivity contribution in [2.75, 3.05) is 0 Å². The number of hydrogen-bond acceptors (Lipinski definition) is 2. The first-order chi connectivity index (χ1) is 9.25. The largest absolute Gasteiger partial charge is 0.319 e. The van der Waals surface area contributed by atoms with Crippen molar-refractivity contribution >= 4 is 27.0 Å². The van der Waals surface area contributed by atoms with Gasteiger partial charge in [0.2, 0.25) is 0 Å². The number of aromatic nitrogens is 2. The smallest absolute Gasteiger partial charge is 0.271 e. The van der Waals surface area contributed by atoms with E-state index in [0.29, 0.717) is 5.69 Å². The number of alkyl halides is 1. The van der Waals surface area contributed by atoms with Crippen LogP contribution in [0.15, 0.2) is 59.4 Å². The molecule has 3 rings (SSSR count). The predicted octanol–water partition coefficient (Wildman–Crippen LogP) is 3.41. The molecular formula is C15H11BrN2O. The molecule has 0 saturated heterocycles. The molecule has 19 heavy (non-hydrogen) atoms. The van der Waals surface area contributed by atoms with Gasteiger partial charge in [-0.3, -0.25) is 4.79 Å². The van der Waals surface area contributed by atoms with Crippen LogP contribution < -0.4 is 5.56 Å². The lowest BCUT2D eigenvalue weighted by Gasteiger charge is -2.09. The van der Waals surface area contributed by atoms with E-state index in [2.05, 4.69) is 25.9 Å². The molecule has 1 aromatic heterocycles. The van der Waals surface area contributed by atoms with E-state index in [1.54, 1.807) is 0 Å². The Morgan fingerprint density at radius 1 is 1.00 bits per heavy atom. The predicted molar refractivity (Wildman–Crippen MR) is 79.6 cm³/mol. The number of para-hydroxylation sites is 2. The fourth-order valence-corrected chi connectivity index (χ4v) is 2.61. The summed E-state index contributed by atoms with van der Waals surface area (Å²) in [5.41, 5.74) is 2.87. The van der Waals surface area contributed by atoms with E-state index < -0.39 is 0 Å². The molecule has 0 aliphatic rings. The van der Waals surface area contributed by atoms with Crippen molar-refractivity contribution in [2.45, 2.75) is 4.83 Å². The minimum atomic E-state index is -0.206. The second-order valence-corrected chi connectivity index (χ2v) is 5.16. The minimum Gasteiger partial charge on any atom is -0.319 e. The number of nitrogens with one attached hydrogen (secondary N) is 1. The van der Waals surface area contributed by atoms with E-state index in [1.807, 2.05) is 54.6 Å². The maximum absolute atomic E-state index is 12.1. The van der Waals surface area contributed by atoms with Gasteiger partial charge < -0.3 is 4.98 Å². The molecule has 94 valence electrons. The summed E-state index contributed by atoms with van der Waals surface area (Å²) in [6.45, 7) is 0. The molecule has 0 bridgehead atoms. The molecule has 0 spiro atoms. The van der Waals surface area contributed by atoms with E-state index in [1.165, 1.54) is 0 Å². The van der Waals surface area contributed by atoms with Crippen LogP contribution in [-0.2, 0) is 0 Å². The first-order valence-corrected chi connectivity index (χ1v) is 6.85. The highest BCUT2D eigenvalue weighted by Gasteiger charge is 2.16. The summed E-state index contributed by atoms with van der Waals surface area (Å²) >= 11 is 3.55. The molecule has 1 heterocycles. The third-order valence-corrected chi connectivity index (χ3v) is 3.92. The Morgan fingerprint density at radius 2 is 1.68 bits per heavy atom. The van der Waals surface area contributed by atoms with Crippen molar-refractivity contribution in [1.82, 2.24) is 9.97 Å². The van der Waals surface area contributed by atoms with E-state index in [0.717, 1.165) is 16.6 Å². The van der Waals surface area contributed by atoms with Gasteiger partial charge in [0.05, 0.1) is 15.9 Å². The fraction of sp³-hybridized carbons (Fsp3) is 0.0667. The number of rotatable bonds is 2. The highest BCUT2D eigenvalue weighted by Crippen LogP contribution is 2.27. The van der Waals surface area contributed by atoms with Crippen LogP contribution in [0.3, 0.4) is 0 Å². The van der Waals surface area contributed by atoms with Crippen LogP contribution in [0.25, 0.3) is 11.0 Å². The lowest BCUT2D eigenvalue weighted by Crippen LogP contribution is -2.17. The molecular weight excluding hydrogens is 304 g/mol. The van der Waals surface area contributed by atoms with Gasteiger partial charge in [0.1, 0.15) is 5.69 Å². The molecule has 2 aromatic carbocycles. The van der Waals surface area contributed by atoms with Crippen LogP contribution >= 0.6 is 15.9 Å². The second kappa shape index (κ2) is 4.97. The SMILES string of the molecule is O=c1[nH]c2ccccc2nc1C(Br)c1ccccc1. The van der Waals surface area contributed by atoms with Gasteiger partial charge in [-0.2, -0.15) is 0 Å². The lowest BCUT2D eigenvalue weighted by molar-refractivity contribution is 1.02. The van der Waals surface area contributed by atoms with Crippen molar-refractivity contribution in [2.24, 2.45) is 0 Å². The van der Waals surface area contributed by atoms with Crippen molar-refractivity contribution < 1.29 is 0 Å². The normalized spacial score (nSPS) is 12.5. The number of H-pyrrole nitrogens is 1. The van der Waals surface area contributed by atoms with Gasteiger partial charge in [0, 0.05) is 0 Å². The number of hydrogen-bond donors (Lipinski definition) is 1. The topological polar surface area (TPSA) is 45.8 Å². The summed E-state index contributed by atoms with van der Waals surface area (Å²) in [6, 6.07) is 17.3. The van der Waals surface area contributed by atoms with Gasteiger partial charge in [0.15, 0.2) is 0 Å². The van der Waals surface area contributed by atoms with Crippen LogP contribution in [0.5, 0.6) is 0 Å². The Bertz CT molecular complexity index is 768. The standard InChI is InChI=1S/C15H11BrN2O/c16-13(10-6-2-1-3-7-10)14-15(19)18-12-9-5-4-8-11(12)17-14/h1-9,13H,(H,18,19). The van der Waals surface area contributed by atoms with E-state index in [9.17, 15) is 4.79 Å². The van der Waals surface area contributed by atoms with Crippen molar-refractivity contribution in [3.8, 4) is 0 Å². The third kappa shape index (κ3) is 2.31. The summed E-state index contributed by atoms with van der Waals surface area (Å²) in [4.78, 5) is 19.2. The first-order valence-electron chi connectivity index (χ1n) is 5.93. The van der Waals surface area contributed by atoms with E-state index >= 15 is 0 Å². The van der Waals surface area contributed by atoms with Gasteiger partial charge in [-0.1, -0.05) is 58.4 Å². The molecule has 4 heteroatoms. The average molecular weight is 315 g/mol. The molecule has 0 aliphatic carbocycles. The van der Waals surface area contributed by atoms with E-state index in [-0.39, 0.29) is 10.4 Å². The third-order valence-electron chi connectivity index (χ3n) is 2.96. The Morgan fingerprint density at radius 3 is 2.47 bits per heavy atom. The Kier molecular flexibility index (Phi) is 3.17. The van der Waals surface area contributed by atoms with Crippen LogP contribution in [0.1, 0.15) is 16.1 Å². The molecule has 1 atom stereocenters. The van der Waals surface area contributed by atoms with Gasteiger partial charge >= 0.3 is 0 Å². The van der Waals surface area contributed by atoms with Crippen LogP contribution in [0.2, 0.25) is 0 Å². The second-order valence-electron chi connectivity index (χ2n) is 4.24. The van der Waals surface area contributed by atoms with Gasteiger partial charge in [-0.15, -0.1) is 0 Å². The molecule has 0 aliphatic heterocycles. The molecule has 0 radical (unpaired) electrons. The number of halogens is 1. The van der Waals surface area contributed by atoms with Gasteiger partial charge in [0.25, 0.3) is 5.56 Å². The summed E-state index contributed by atoms with van der Waals surface area (Å²) in [6.07, 6.45) is 0. The molecule has 0 fully saturated rings. The lowest BCUT2D eigenvalue weighted by atomic mass is 10.1. The van der Waals surface area contributed by atoms with E-state index in [4.69, 9.17) is 0 Å². The Labute approximate surface area is 118 Å². The number of benzene rings is 2. The summed E-state index contributed by atoms with van der Waals surface area (Å²) < 4.78 is 0. The Balaban J connectivity index is 2.15. The number of fused-ring (bicyclic) bond motifs is 1. The molecule has 1 unspecified atom stereocenters. The monoisotopic (exact) mass is 314 g/mol. The van der Waals surface area contributed by atoms with Crippen molar-refractivity contribution in [3.63, 3.8) is 0 Å². The molecule has 1 N–H and O–H groups in total. The maximum Gasteiger partial charge on any atom is 0.271 e. The maximum atomic E-state index is 12.1. The van der Waals surface area contributed by atoms with Crippen molar-refractivity contribution in [3.05, 3.63) is 76.2 Å². The Hall–Kier alpha value is -1.94. The molecule has 3 aromatic rings. The summed E-state index contributed by atoms with van der Waals surface area (Å²) in [5.74, 6) is 0. The highest BCUT2D eigenvalue weighted by molar-refractivity contribution is 9.09. The summed E-state index contributed by atoms with van der Waals surface area (Å²) in [7, 11) is 0. The molecule has 0 amide bonds. The fourth-order valence-electron chi connectivity index (χ4n) is 2.00. The quantitative estimate of drug-likeness (QED) is 0.737. The van der Waals surface area contributed by atoms with Crippen molar-refractivity contribution in [1.29, 1.82) is 0 Å². The minimum absolute atomic E-state index is 0.163. The molecule has 0 saturated carbocycles. The summed E-state index contributed by atoms with van der Waals surface area (Å²) in [5, 5.41) is 0. The van der Waals surface area contributed by atoms with Gasteiger partial charge in [-0.25, -0.2) is 4.98 Å². The van der Waals surface area contributed by atoms with Crippen LogP contribution in [-0.4, -0.2) is 9.97 Å². The molecule has 3 nitrogen and oxygen atoms in total. The number of aromatic amines is 1. The zero-order valence-electron chi connectivity index (χ0n) is 10.0. The zero-order valence-corrected chi connectivity index (χ0v) is 11.6. The van der Waals surface area contributed by atoms with Gasteiger partial charge in [-0.05, 0) is 17.7 Å². The average Bonchev–Trinajstić information content (AvgIpc) is 2.47. The first kappa shape index (κ1) is 12.1. The highest BCUT2D eigenvalue weighted by atomic mass is 79.9. The number of nitrogens with zero attached hydrogens (tertiary/aromatic N) is 1.